The van der Waals surface area contributed by atoms with Gasteiger partial charge in [0.25, 0.3) is 0 Å². The normalized spacial score (nSPS) is 18.4. The molecule has 0 aromatic heterocycles. The van der Waals surface area contributed by atoms with Gasteiger partial charge in [0.05, 0.1) is 18.8 Å². The summed E-state index contributed by atoms with van der Waals surface area (Å²) in [5.74, 6) is 0.454. The van der Waals surface area contributed by atoms with Crippen molar-refractivity contribution >= 4 is 23.7 Å². The monoisotopic (exact) mass is 557 g/mol. The van der Waals surface area contributed by atoms with Crippen LogP contribution in [0.2, 0.25) is 0 Å². The summed E-state index contributed by atoms with van der Waals surface area (Å²) in [4.78, 5) is 51.6. The van der Waals surface area contributed by atoms with Gasteiger partial charge in [-0.15, -0.1) is 6.42 Å². The number of amides is 3. The third kappa shape index (κ3) is 9.96. The van der Waals surface area contributed by atoms with Crippen LogP contribution in [0.25, 0.3) is 0 Å². The van der Waals surface area contributed by atoms with Crippen LogP contribution in [0.5, 0.6) is 0 Å². The van der Waals surface area contributed by atoms with Crippen molar-refractivity contribution in [2.75, 3.05) is 13.2 Å². The van der Waals surface area contributed by atoms with Crippen LogP contribution in [0.4, 0.5) is 0 Å². The molecule has 0 radical (unpaired) electrons. The van der Waals surface area contributed by atoms with E-state index in [1.165, 1.54) is 4.90 Å². The van der Waals surface area contributed by atoms with E-state index in [9.17, 15) is 29.4 Å². The van der Waals surface area contributed by atoms with E-state index >= 15 is 0 Å². The summed E-state index contributed by atoms with van der Waals surface area (Å²) in [6.45, 7) is 5.05. The minimum atomic E-state index is -0.964. The maximum absolute atomic E-state index is 13.7. The predicted octanol–water partition coefficient (Wildman–Crippen LogP) is 2.13. The summed E-state index contributed by atoms with van der Waals surface area (Å²) in [5, 5.41) is 34.6. The molecule has 40 heavy (non-hydrogen) atoms. The largest absolute Gasteiger partial charge is 0.481 e. The molecule has 5 N–H and O–H groups in total. The van der Waals surface area contributed by atoms with E-state index in [4.69, 9.17) is 11.5 Å². The molecule has 0 bridgehead atoms. The first kappa shape index (κ1) is 32.8. The van der Waals surface area contributed by atoms with Crippen LogP contribution in [0.3, 0.4) is 0 Å². The lowest BCUT2D eigenvalue weighted by atomic mass is 9.85. The highest BCUT2D eigenvalue weighted by molar-refractivity contribution is 5.93. The number of rotatable bonds is 14. The van der Waals surface area contributed by atoms with E-state index < -0.39 is 47.4 Å². The molecular weight excluding hydrogens is 514 g/mol. The zero-order valence-electron chi connectivity index (χ0n) is 23.7. The van der Waals surface area contributed by atoms with Crippen LogP contribution in [0.1, 0.15) is 89.3 Å². The molecule has 4 atom stereocenters. The van der Waals surface area contributed by atoms with Gasteiger partial charge in [0.1, 0.15) is 12.1 Å². The van der Waals surface area contributed by atoms with Gasteiger partial charge in [-0.25, -0.2) is 0 Å². The van der Waals surface area contributed by atoms with Crippen molar-refractivity contribution in [1.82, 2.24) is 15.5 Å². The number of carboxylic acids is 1. The number of unbranched alkanes of at least 4 members (excludes halogenated alkanes) is 4. The fraction of sp³-hybridized carbons (Fsp3) is 0.600. The Morgan fingerprint density at radius 1 is 1.02 bits per heavy atom. The number of aliphatic hydroxyl groups excluding tert-OH is 2. The molecule has 2 rings (SSSR count). The summed E-state index contributed by atoms with van der Waals surface area (Å²) < 4.78 is 0. The summed E-state index contributed by atoms with van der Waals surface area (Å²) in [6, 6.07) is 4.23. The Balaban J connectivity index is 2.03. The fourth-order valence-corrected chi connectivity index (χ4v) is 4.76. The molecule has 1 aromatic rings. The number of terminal acetylenes is 1. The summed E-state index contributed by atoms with van der Waals surface area (Å²) in [7, 11) is 0. The molecule has 10 nitrogen and oxygen atoms in total. The molecule has 1 aromatic carbocycles. The van der Waals surface area contributed by atoms with Gasteiger partial charge in [-0.1, -0.05) is 58.1 Å². The quantitative estimate of drug-likeness (QED) is 0.173. The number of aliphatic hydroxyl groups is 2. The van der Waals surface area contributed by atoms with E-state index in [0.717, 1.165) is 19.3 Å². The number of nitrogens with zero attached hydrogens (tertiary/aromatic N) is 1. The van der Waals surface area contributed by atoms with Crippen LogP contribution in [-0.2, 0) is 19.2 Å². The molecule has 10 heteroatoms. The van der Waals surface area contributed by atoms with Crippen LogP contribution in [0, 0.1) is 17.8 Å². The average molecular weight is 558 g/mol. The second-order valence-electron chi connectivity index (χ2n) is 11.4. The smallest absolute Gasteiger partial charge is 0.303 e. The van der Waals surface area contributed by atoms with Crippen molar-refractivity contribution in [3.8, 4) is 12.3 Å². The van der Waals surface area contributed by atoms with Crippen molar-refractivity contribution in [3.05, 3.63) is 35.4 Å². The first-order valence-electron chi connectivity index (χ1n) is 13.8. The average Bonchev–Trinajstić information content (AvgIpc) is 3.30. The molecule has 0 saturated carbocycles. The van der Waals surface area contributed by atoms with Gasteiger partial charge in [-0.3, -0.25) is 19.2 Å². The zero-order chi connectivity index (χ0) is 29.9. The third-order valence-electron chi connectivity index (χ3n) is 7.06. The molecule has 3 amide bonds. The number of benzene rings is 1. The Hall–Kier alpha value is -3.42. The number of carbonyl (C=O) groups excluding carboxylic acids is 3. The van der Waals surface area contributed by atoms with E-state index in [0.29, 0.717) is 24.0 Å². The van der Waals surface area contributed by atoms with Gasteiger partial charge in [-0.2, -0.15) is 0 Å². The molecule has 2 unspecified atom stereocenters. The Morgan fingerprint density at radius 3 is 2.17 bits per heavy atom. The van der Waals surface area contributed by atoms with Gasteiger partial charge in [0.15, 0.2) is 0 Å². The minimum Gasteiger partial charge on any atom is -0.481 e. The first-order chi connectivity index (χ1) is 18.9. The van der Waals surface area contributed by atoms with Crippen molar-refractivity contribution in [2.24, 2.45) is 5.41 Å². The van der Waals surface area contributed by atoms with E-state index in [2.05, 4.69) is 16.6 Å². The van der Waals surface area contributed by atoms with Crippen molar-refractivity contribution in [2.45, 2.75) is 96.4 Å². The molecule has 1 aliphatic rings. The highest BCUT2D eigenvalue weighted by atomic mass is 16.4. The molecule has 1 heterocycles. The second kappa shape index (κ2) is 15.4. The predicted molar refractivity (Wildman–Crippen MR) is 150 cm³/mol. The van der Waals surface area contributed by atoms with Gasteiger partial charge in [0.2, 0.25) is 17.7 Å². The van der Waals surface area contributed by atoms with Crippen LogP contribution in [0.15, 0.2) is 24.3 Å². The number of carboxylic acid groups (broad SMARTS) is 1. The topological polar surface area (TPSA) is 156 Å². The number of likely N-dealkylation sites (tertiary alicyclic amines) is 1. The number of carbonyl (C=O) groups is 4. The Kier molecular flexibility index (Phi) is 12.6. The Morgan fingerprint density at radius 2 is 1.62 bits per heavy atom. The molecule has 0 aliphatic carbocycles. The molecule has 220 valence electrons. The number of hydrogen-bond acceptors (Lipinski definition) is 6. The minimum absolute atomic E-state index is 0.0401. The fourth-order valence-electron chi connectivity index (χ4n) is 4.76. The Bertz CT molecular complexity index is 1060. The number of β-amino-alcohol motifs (C(OH)–C–C–N with tert-alkyl or cyclic N) is 1. The summed E-state index contributed by atoms with van der Waals surface area (Å²) in [6.07, 6.45) is 8.50. The second-order valence-corrected chi connectivity index (χ2v) is 11.4. The van der Waals surface area contributed by atoms with Gasteiger partial charge < -0.3 is 30.9 Å². The van der Waals surface area contributed by atoms with E-state index in [-0.39, 0.29) is 38.3 Å². The summed E-state index contributed by atoms with van der Waals surface area (Å²) in [5.41, 5.74) is 0.645. The third-order valence-corrected chi connectivity index (χ3v) is 7.06. The van der Waals surface area contributed by atoms with Gasteiger partial charge in [-0.05, 0) is 36.0 Å². The van der Waals surface area contributed by atoms with Crippen molar-refractivity contribution in [3.63, 3.8) is 0 Å². The van der Waals surface area contributed by atoms with Crippen LogP contribution in [-0.4, -0.2) is 75.2 Å². The number of aliphatic carboxylic acids is 1. The molecule has 1 saturated heterocycles. The molecular formula is C30H43N3O7. The maximum atomic E-state index is 13.7. The van der Waals surface area contributed by atoms with Gasteiger partial charge in [0, 0.05) is 31.4 Å². The molecule has 1 aliphatic heterocycles. The van der Waals surface area contributed by atoms with Crippen LogP contribution >= 0.6 is 0 Å². The van der Waals surface area contributed by atoms with Crippen molar-refractivity contribution < 1.29 is 34.5 Å². The lowest BCUT2D eigenvalue weighted by Gasteiger charge is -2.35. The zero-order valence-corrected chi connectivity index (χ0v) is 23.7. The number of nitrogens with one attached hydrogen (secondary N) is 2. The molecule has 1 fully saturated rings. The summed E-state index contributed by atoms with van der Waals surface area (Å²) >= 11 is 0. The van der Waals surface area contributed by atoms with Crippen LogP contribution < -0.4 is 10.6 Å². The van der Waals surface area contributed by atoms with E-state index in [1.54, 1.807) is 24.3 Å². The molecule has 0 spiro atoms. The lowest BCUT2D eigenvalue weighted by Crippen LogP contribution is -2.58. The lowest BCUT2D eigenvalue weighted by molar-refractivity contribution is -0.144. The Labute approximate surface area is 236 Å². The SMILES string of the molecule is C#Cc1ccc(C(CO)NC(=O)[C@@H]2C[C@@H](O)CN2C(=O)C(NC(=O)CCCCCCCC(=O)O)C(C)(C)C)cc1. The highest BCUT2D eigenvalue weighted by Gasteiger charge is 2.44. The highest BCUT2D eigenvalue weighted by Crippen LogP contribution is 2.27. The first-order valence-corrected chi connectivity index (χ1v) is 13.8. The van der Waals surface area contributed by atoms with Crippen molar-refractivity contribution in [1.29, 1.82) is 0 Å². The standard InChI is InChI=1S/C30H43N3O7/c1-5-20-13-15-21(16-14-20)23(19-34)31-28(39)24-17-22(35)18-33(24)29(40)27(30(2,3)4)32-25(36)11-9-7-6-8-10-12-26(37)38/h1,13-16,22-24,27,34-35H,6-12,17-19H2,2-4H3,(H,31,39)(H,32,36)(H,37,38)/t22-,23?,24+,27?/m1/s1. The van der Waals surface area contributed by atoms with E-state index in [1.807, 2.05) is 20.8 Å². The maximum Gasteiger partial charge on any atom is 0.303 e. The van der Waals surface area contributed by atoms with Gasteiger partial charge >= 0.3 is 5.97 Å². The number of hydrogen-bond donors (Lipinski definition) is 5.